The standard InChI is InChI=1S/C11H17NO4/c1-5(2)7(13)11-9(15)16-10(11,4)6(3)8(14)12-11/h5-7,13H,1-4H3,(H,12,14)/t6?,7-,10-,11-/m0/s1. The van der Waals surface area contributed by atoms with Crippen LogP contribution in [0.15, 0.2) is 0 Å². The van der Waals surface area contributed by atoms with Gasteiger partial charge in [0, 0.05) is 0 Å². The number of aliphatic hydroxyl groups is 1. The number of nitrogens with one attached hydrogen (secondary N) is 1. The minimum atomic E-state index is -1.25. The molecule has 4 atom stereocenters. The predicted octanol–water partition coefficient (Wildman–Crippen LogP) is -0.177. The number of fused-ring (bicyclic) bond motifs is 1. The fraction of sp³-hybridized carbons (Fsp3) is 0.818. The van der Waals surface area contributed by atoms with Crippen LogP contribution in [0.4, 0.5) is 0 Å². The molecule has 2 rings (SSSR count). The quantitative estimate of drug-likeness (QED) is 0.642. The van der Waals surface area contributed by atoms with Gasteiger partial charge in [0.15, 0.2) is 5.60 Å². The van der Waals surface area contributed by atoms with Gasteiger partial charge in [0.2, 0.25) is 11.4 Å². The van der Waals surface area contributed by atoms with Crippen LogP contribution in [0.3, 0.4) is 0 Å². The predicted molar refractivity (Wildman–Crippen MR) is 55.4 cm³/mol. The van der Waals surface area contributed by atoms with E-state index in [9.17, 15) is 14.7 Å². The Labute approximate surface area is 94.2 Å². The van der Waals surface area contributed by atoms with Crippen LogP contribution in [0.5, 0.6) is 0 Å². The summed E-state index contributed by atoms with van der Waals surface area (Å²) in [6.07, 6.45) is -0.923. The SMILES string of the molecule is CC(C)[C@H](O)[C@@]12NC(=O)C(C)[C@]1(C)OC2=O. The molecule has 0 aromatic rings. The van der Waals surface area contributed by atoms with Gasteiger partial charge in [0.25, 0.3) is 0 Å². The third-order valence-corrected chi connectivity index (χ3v) is 4.02. The number of ether oxygens (including phenoxy) is 1. The van der Waals surface area contributed by atoms with Crippen LogP contribution in [-0.2, 0) is 14.3 Å². The molecular formula is C11H17NO4. The van der Waals surface area contributed by atoms with Gasteiger partial charge in [-0.2, -0.15) is 0 Å². The molecule has 2 aliphatic heterocycles. The Morgan fingerprint density at radius 2 is 2.00 bits per heavy atom. The van der Waals surface area contributed by atoms with Gasteiger partial charge in [-0.25, -0.2) is 4.79 Å². The Morgan fingerprint density at radius 1 is 1.44 bits per heavy atom. The monoisotopic (exact) mass is 227 g/mol. The highest BCUT2D eigenvalue weighted by molar-refractivity contribution is 6.01. The number of hydrogen-bond donors (Lipinski definition) is 2. The summed E-state index contributed by atoms with van der Waals surface area (Å²) in [7, 11) is 0. The second-order valence-corrected chi connectivity index (χ2v) is 5.20. The molecule has 0 aromatic carbocycles. The van der Waals surface area contributed by atoms with Crippen molar-refractivity contribution in [3.63, 3.8) is 0 Å². The molecule has 0 aromatic heterocycles. The maximum absolute atomic E-state index is 11.7. The zero-order chi connectivity index (χ0) is 12.3. The van der Waals surface area contributed by atoms with Gasteiger partial charge in [-0.1, -0.05) is 13.8 Å². The van der Waals surface area contributed by atoms with Crippen LogP contribution >= 0.6 is 0 Å². The first-order valence-corrected chi connectivity index (χ1v) is 5.51. The van der Waals surface area contributed by atoms with E-state index in [1.165, 1.54) is 0 Å². The van der Waals surface area contributed by atoms with Crippen LogP contribution in [0.25, 0.3) is 0 Å². The van der Waals surface area contributed by atoms with Crippen molar-refractivity contribution in [2.75, 3.05) is 0 Å². The summed E-state index contributed by atoms with van der Waals surface area (Å²) in [5, 5.41) is 12.8. The van der Waals surface area contributed by atoms with E-state index in [4.69, 9.17) is 4.74 Å². The molecule has 0 saturated carbocycles. The highest BCUT2D eigenvalue weighted by atomic mass is 16.6. The number of carbonyl (C=O) groups excluding carboxylic acids is 2. The Morgan fingerprint density at radius 3 is 2.38 bits per heavy atom. The van der Waals surface area contributed by atoms with Crippen molar-refractivity contribution in [2.45, 2.75) is 44.9 Å². The van der Waals surface area contributed by atoms with Crippen molar-refractivity contribution < 1.29 is 19.4 Å². The van der Waals surface area contributed by atoms with Crippen molar-refractivity contribution in [3.05, 3.63) is 0 Å². The summed E-state index contributed by atoms with van der Waals surface area (Å²) in [5.74, 6) is -1.33. The average molecular weight is 227 g/mol. The van der Waals surface area contributed by atoms with E-state index in [2.05, 4.69) is 5.32 Å². The van der Waals surface area contributed by atoms with Gasteiger partial charge in [0.05, 0.1) is 12.0 Å². The van der Waals surface area contributed by atoms with E-state index >= 15 is 0 Å². The Balaban J connectivity index is 2.45. The largest absolute Gasteiger partial charge is 0.453 e. The topological polar surface area (TPSA) is 75.6 Å². The minimum Gasteiger partial charge on any atom is -0.453 e. The number of amides is 1. The normalized spacial score (nSPS) is 43.5. The summed E-state index contributed by atoms with van der Waals surface area (Å²) < 4.78 is 5.13. The molecule has 1 amide bonds. The molecule has 2 heterocycles. The maximum Gasteiger partial charge on any atom is 0.339 e. The van der Waals surface area contributed by atoms with Crippen LogP contribution in [0.2, 0.25) is 0 Å². The second-order valence-electron chi connectivity index (χ2n) is 5.20. The molecule has 0 bridgehead atoms. The molecule has 1 unspecified atom stereocenters. The molecule has 0 radical (unpaired) electrons. The second kappa shape index (κ2) is 2.97. The summed E-state index contributed by atoms with van der Waals surface area (Å²) >= 11 is 0. The van der Waals surface area contributed by atoms with Crippen molar-refractivity contribution in [3.8, 4) is 0 Å². The van der Waals surface area contributed by atoms with Crippen LogP contribution < -0.4 is 5.32 Å². The highest BCUT2D eigenvalue weighted by Crippen LogP contribution is 2.51. The summed E-state index contributed by atoms with van der Waals surface area (Å²) in [5.41, 5.74) is -2.18. The van der Waals surface area contributed by atoms with E-state index in [0.717, 1.165) is 0 Å². The molecule has 5 nitrogen and oxygen atoms in total. The fourth-order valence-electron chi connectivity index (χ4n) is 2.66. The Kier molecular flexibility index (Phi) is 2.11. The van der Waals surface area contributed by atoms with Gasteiger partial charge in [-0.15, -0.1) is 0 Å². The van der Waals surface area contributed by atoms with Crippen LogP contribution in [0.1, 0.15) is 27.7 Å². The van der Waals surface area contributed by atoms with E-state index in [0.29, 0.717) is 0 Å². The molecule has 90 valence electrons. The lowest BCUT2D eigenvalue weighted by molar-refractivity contribution is -0.237. The summed E-state index contributed by atoms with van der Waals surface area (Å²) in [6, 6.07) is 0. The Bertz CT molecular complexity index is 367. The molecule has 2 aliphatic rings. The number of hydrogen-bond acceptors (Lipinski definition) is 4. The van der Waals surface area contributed by atoms with Crippen molar-refractivity contribution in [2.24, 2.45) is 11.8 Å². The minimum absolute atomic E-state index is 0.127. The van der Waals surface area contributed by atoms with Crippen molar-refractivity contribution in [1.29, 1.82) is 0 Å². The summed E-state index contributed by atoms with van der Waals surface area (Å²) in [6.45, 7) is 7.01. The zero-order valence-electron chi connectivity index (χ0n) is 9.90. The number of rotatable bonds is 2. The van der Waals surface area contributed by atoms with Gasteiger partial charge in [-0.3, -0.25) is 4.79 Å². The van der Waals surface area contributed by atoms with E-state index in [1.807, 2.05) is 0 Å². The molecule has 0 spiro atoms. The molecule has 2 saturated heterocycles. The van der Waals surface area contributed by atoms with Gasteiger partial charge in [0.1, 0.15) is 0 Å². The lowest BCUT2D eigenvalue weighted by Crippen LogP contribution is -2.79. The van der Waals surface area contributed by atoms with Gasteiger partial charge >= 0.3 is 5.97 Å². The van der Waals surface area contributed by atoms with Gasteiger partial charge < -0.3 is 15.2 Å². The lowest BCUT2D eigenvalue weighted by atomic mass is 9.67. The number of carbonyl (C=O) groups is 2. The van der Waals surface area contributed by atoms with Crippen LogP contribution in [-0.4, -0.2) is 34.2 Å². The number of esters is 1. The molecular weight excluding hydrogens is 210 g/mol. The number of aliphatic hydroxyl groups excluding tert-OH is 1. The molecule has 5 heteroatoms. The maximum atomic E-state index is 11.7. The average Bonchev–Trinajstić information content (AvgIpc) is 2.36. The Hall–Kier alpha value is -1.10. The first-order valence-electron chi connectivity index (χ1n) is 5.51. The molecule has 0 aliphatic carbocycles. The molecule has 2 fully saturated rings. The first kappa shape index (κ1) is 11.4. The van der Waals surface area contributed by atoms with Crippen molar-refractivity contribution in [1.82, 2.24) is 5.32 Å². The lowest BCUT2D eigenvalue weighted by Gasteiger charge is -2.53. The van der Waals surface area contributed by atoms with Gasteiger partial charge in [-0.05, 0) is 19.8 Å². The third-order valence-electron chi connectivity index (χ3n) is 4.02. The van der Waals surface area contributed by atoms with Crippen LogP contribution in [0, 0.1) is 11.8 Å². The van der Waals surface area contributed by atoms with E-state index < -0.39 is 29.1 Å². The molecule has 2 N–H and O–H groups in total. The molecule has 16 heavy (non-hydrogen) atoms. The van der Waals surface area contributed by atoms with E-state index in [1.54, 1.807) is 27.7 Å². The smallest absolute Gasteiger partial charge is 0.339 e. The summed E-state index contributed by atoms with van der Waals surface area (Å²) in [4.78, 5) is 23.3. The van der Waals surface area contributed by atoms with E-state index in [-0.39, 0.29) is 11.8 Å². The highest BCUT2D eigenvalue weighted by Gasteiger charge is 2.78. The zero-order valence-corrected chi connectivity index (χ0v) is 9.90. The van der Waals surface area contributed by atoms with Crippen molar-refractivity contribution >= 4 is 11.9 Å². The first-order chi connectivity index (χ1) is 7.27. The third kappa shape index (κ3) is 0.948. The fourth-order valence-corrected chi connectivity index (χ4v) is 2.66.